The van der Waals surface area contributed by atoms with Gasteiger partial charge in [-0.15, -0.1) is 0 Å². The summed E-state index contributed by atoms with van der Waals surface area (Å²) in [4.78, 5) is 30.3. The van der Waals surface area contributed by atoms with Crippen LogP contribution >= 0.6 is 0 Å². The van der Waals surface area contributed by atoms with E-state index < -0.39 is 5.91 Å². The van der Waals surface area contributed by atoms with Crippen molar-refractivity contribution in [2.24, 2.45) is 0 Å². The maximum atomic E-state index is 13.4. The Labute approximate surface area is 198 Å². The molecule has 3 aromatic rings. The molecule has 0 spiro atoms. The molecule has 1 fully saturated rings. The molecule has 2 aliphatic heterocycles. The van der Waals surface area contributed by atoms with Crippen LogP contribution in [0.1, 0.15) is 30.4 Å². The van der Waals surface area contributed by atoms with Crippen LogP contribution in [-0.4, -0.2) is 29.8 Å². The number of benzene rings is 3. The van der Waals surface area contributed by atoms with Crippen LogP contribution < -0.4 is 10.2 Å². The summed E-state index contributed by atoms with van der Waals surface area (Å²) in [6, 6.07) is 23.0. The number of carbonyl (C=O) groups excluding carboxylic acids is 2. The van der Waals surface area contributed by atoms with Gasteiger partial charge >= 0.3 is 0 Å². The Morgan fingerprint density at radius 2 is 1.44 bits per heavy atom. The quantitative estimate of drug-likeness (QED) is 0.519. The lowest BCUT2D eigenvalue weighted by Crippen LogP contribution is -2.32. The molecule has 3 aromatic carbocycles. The van der Waals surface area contributed by atoms with Crippen LogP contribution in [0.2, 0.25) is 0 Å². The van der Waals surface area contributed by atoms with Gasteiger partial charge in [0, 0.05) is 24.5 Å². The summed E-state index contributed by atoms with van der Waals surface area (Å²) in [7, 11) is 0. The zero-order chi connectivity index (χ0) is 23.5. The third-order valence-electron chi connectivity index (χ3n) is 6.34. The number of amides is 2. The second-order valence-electron chi connectivity index (χ2n) is 8.66. The van der Waals surface area contributed by atoms with Gasteiger partial charge in [-0.25, -0.2) is 4.39 Å². The van der Waals surface area contributed by atoms with Crippen molar-refractivity contribution in [2.45, 2.75) is 25.8 Å². The Morgan fingerprint density at radius 3 is 2.12 bits per heavy atom. The summed E-state index contributed by atoms with van der Waals surface area (Å²) in [5.74, 6) is -1.12. The lowest BCUT2D eigenvalue weighted by Gasteiger charge is -2.28. The molecule has 2 aliphatic rings. The molecule has 0 radical (unpaired) electrons. The van der Waals surface area contributed by atoms with Crippen LogP contribution in [0.3, 0.4) is 0 Å². The minimum absolute atomic E-state index is 0.0767. The highest BCUT2D eigenvalue weighted by atomic mass is 19.1. The van der Waals surface area contributed by atoms with E-state index in [9.17, 15) is 14.0 Å². The van der Waals surface area contributed by atoms with E-state index in [0.29, 0.717) is 16.7 Å². The zero-order valence-electron chi connectivity index (χ0n) is 18.8. The van der Waals surface area contributed by atoms with Gasteiger partial charge < -0.3 is 10.2 Å². The Bertz CT molecular complexity index is 1210. The average molecular weight is 456 g/mol. The molecule has 0 unspecified atom stereocenters. The van der Waals surface area contributed by atoms with Crippen molar-refractivity contribution in [2.75, 3.05) is 23.3 Å². The second kappa shape index (κ2) is 9.51. The summed E-state index contributed by atoms with van der Waals surface area (Å²) in [5.41, 5.74) is 3.86. The van der Waals surface area contributed by atoms with E-state index in [4.69, 9.17) is 0 Å². The standard InChI is InChI=1S/C28H26FN3O2/c29-22-11-9-20(10-12-22)19-32-27(33)25(21-7-3-1-4-8-21)26(28(32)34)30-23-13-15-24(16-14-23)31-17-5-2-6-18-31/h1,3-4,7-16,30H,2,5-6,17-19H2. The molecule has 172 valence electrons. The van der Waals surface area contributed by atoms with E-state index in [1.165, 1.54) is 36.3 Å². The first kappa shape index (κ1) is 21.9. The van der Waals surface area contributed by atoms with E-state index in [1.54, 1.807) is 12.1 Å². The van der Waals surface area contributed by atoms with Crippen molar-refractivity contribution < 1.29 is 14.0 Å². The molecule has 0 saturated carbocycles. The fourth-order valence-corrected chi connectivity index (χ4v) is 4.53. The number of anilines is 2. The average Bonchev–Trinajstić information content (AvgIpc) is 3.11. The first-order valence-electron chi connectivity index (χ1n) is 11.6. The number of halogens is 1. The molecule has 34 heavy (non-hydrogen) atoms. The van der Waals surface area contributed by atoms with E-state index in [2.05, 4.69) is 10.2 Å². The molecule has 2 amide bonds. The van der Waals surface area contributed by atoms with Crippen molar-refractivity contribution in [1.82, 2.24) is 4.90 Å². The first-order chi connectivity index (χ1) is 16.6. The number of rotatable bonds is 6. The molecule has 1 N–H and O–H groups in total. The van der Waals surface area contributed by atoms with E-state index in [0.717, 1.165) is 24.5 Å². The van der Waals surface area contributed by atoms with Gasteiger partial charge in [-0.3, -0.25) is 14.5 Å². The number of hydrogen-bond donors (Lipinski definition) is 1. The van der Waals surface area contributed by atoms with Gasteiger partial charge in [0.1, 0.15) is 11.5 Å². The number of hydrogen-bond acceptors (Lipinski definition) is 4. The van der Waals surface area contributed by atoms with Crippen molar-refractivity contribution in [3.05, 3.63) is 102 Å². The Balaban J connectivity index is 1.43. The lowest BCUT2D eigenvalue weighted by atomic mass is 10.0. The van der Waals surface area contributed by atoms with Gasteiger partial charge in [0.05, 0.1) is 12.1 Å². The van der Waals surface area contributed by atoms with Crippen LogP contribution in [0.25, 0.3) is 5.57 Å². The molecular formula is C28H26FN3O2. The molecule has 0 aromatic heterocycles. The summed E-state index contributed by atoms with van der Waals surface area (Å²) in [6.45, 7) is 2.19. The largest absolute Gasteiger partial charge is 0.372 e. The van der Waals surface area contributed by atoms with Gasteiger partial charge in [-0.2, -0.15) is 0 Å². The van der Waals surface area contributed by atoms with Crippen molar-refractivity contribution in [1.29, 1.82) is 0 Å². The van der Waals surface area contributed by atoms with Gasteiger partial charge in [-0.1, -0.05) is 42.5 Å². The molecule has 5 rings (SSSR count). The molecule has 0 bridgehead atoms. The van der Waals surface area contributed by atoms with E-state index >= 15 is 0 Å². The molecule has 1 saturated heterocycles. The summed E-state index contributed by atoms with van der Waals surface area (Å²) in [5, 5.41) is 3.21. The molecular weight excluding hydrogens is 429 g/mol. The highest BCUT2D eigenvalue weighted by Crippen LogP contribution is 2.32. The van der Waals surface area contributed by atoms with Crippen LogP contribution in [0.15, 0.2) is 84.6 Å². The predicted molar refractivity (Wildman–Crippen MR) is 131 cm³/mol. The van der Waals surface area contributed by atoms with Crippen LogP contribution in [0.4, 0.5) is 15.8 Å². The van der Waals surface area contributed by atoms with E-state index in [1.807, 2.05) is 54.6 Å². The fourth-order valence-electron chi connectivity index (χ4n) is 4.53. The highest BCUT2D eigenvalue weighted by molar-refractivity contribution is 6.36. The minimum Gasteiger partial charge on any atom is -0.372 e. The Hall–Kier alpha value is -3.93. The van der Waals surface area contributed by atoms with Crippen molar-refractivity contribution in [3.63, 3.8) is 0 Å². The number of nitrogens with zero attached hydrogens (tertiary/aromatic N) is 2. The molecule has 0 aliphatic carbocycles. The minimum atomic E-state index is -0.395. The molecule has 0 atom stereocenters. The lowest BCUT2D eigenvalue weighted by molar-refractivity contribution is -0.137. The van der Waals surface area contributed by atoms with Crippen molar-refractivity contribution in [3.8, 4) is 0 Å². The Morgan fingerprint density at radius 1 is 0.765 bits per heavy atom. The third kappa shape index (κ3) is 4.44. The normalized spacial score (nSPS) is 16.4. The topological polar surface area (TPSA) is 52.7 Å². The maximum absolute atomic E-state index is 13.4. The van der Waals surface area contributed by atoms with Gasteiger partial charge in [0.2, 0.25) is 0 Å². The summed E-state index contributed by atoms with van der Waals surface area (Å²) >= 11 is 0. The highest BCUT2D eigenvalue weighted by Gasteiger charge is 2.39. The fraction of sp³-hybridized carbons (Fsp3) is 0.214. The monoisotopic (exact) mass is 455 g/mol. The van der Waals surface area contributed by atoms with Crippen molar-refractivity contribution >= 4 is 28.8 Å². The number of piperidine rings is 1. The second-order valence-corrected chi connectivity index (χ2v) is 8.66. The van der Waals surface area contributed by atoms with Gasteiger partial charge in [0.15, 0.2) is 0 Å². The summed E-state index contributed by atoms with van der Waals surface area (Å²) in [6.07, 6.45) is 3.68. The SMILES string of the molecule is O=C1C(Nc2ccc(N3CCCCC3)cc2)=C(c2ccccc2)C(=O)N1Cc1ccc(F)cc1. The van der Waals surface area contributed by atoms with Crippen LogP contribution in [0, 0.1) is 5.82 Å². The summed E-state index contributed by atoms with van der Waals surface area (Å²) < 4.78 is 13.3. The zero-order valence-corrected chi connectivity index (χ0v) is 18.8. The predicted octanol–water partition coefficient (Wildman–Crippen LogP) is 5.21. The number of carbonyl (C=O) groups is 2. The Kier molecular flexibility index (Phi) is 6.12. The smallest absolute Gasteiger partial charge is 0.278 e. The van der Waals surface area contributed by atoms with Crippen LogP contribution in [-0.2, 0) is 16.1 Å². The number of nitrogens with one attached hydrogen (secondary N) is 1. The maximum Gasteiger partial charge on any atom is 0.278 e. The molecule has 5 nitrogen and oxygen atoms in total. The first-order valence-corrected chi connectivity index (χ1v) is 11.6. The molecule has 2 heterocycles. The molecule has 6 heteroatoms. The van der Waals surface area contributed by atoms with Crippen LogP contribution in [0.5, 0.6) is 0 Å². The van der Waals surface area contributed by atoms with E-state index in [-0.39, 0.29) is 24.0 Å². The van der Waals surface area contributed by atoms with Gasteiger partial charge in [-0.05, 0) is 66.8 Å². The number of imide groups is 1. The van der Waals surface area contributed by atoms with Gasteiger partial charge in [0.25, 0.3) is 11.8 Å². The third-order valence-corrected chi connectivity index (χ3v) is 6.34.